The number of hydrogen-bond acceptors (Lipinski definition) is 8. The topological polar surface area (TPSA) is 70.1 Å². The fourth-order valence-corrected chi connectivity index (χ4v) is 3.11. The number of rotatable bonds is 5. The lowest BCUT2D eigenvalue weighted by Gasteiger charge is -2.31. The molecule has 8 heteroatoms. The Morgan fingerprint density at radius 3 is 2.82 bits per heavy atom. The minimum atomic E-state index is 0.479. The summed E-state index contributed by atoms with van der Waals surface area (Å²) in [6, 6.07) is 2.39. The van der Waals surface area contributed by atoms with Gasteiger partial charge in [-0.25, -0.2) is 15.0 Å². The van der Waals surface area contributed by atoms with Crippen LogP contribution < -0.4 is 10.2 Å². The maximum absolute atomic E-state index is 4.55. The minimum Gasteiger partial charge on any atom is -0.367 e. The van der Waals surface area contributed by atoms with E-state index in [4.69, 9.17) is 0 Å². The Hall–Kier alpha value is -1.80. The summed E-state index contributed by atoms with van der Waals surface area (Å²) in [5, 5.41) is 4.44. The van der Waals surface area contributed by atoms with Gasteiger partial charge >= 0.3 is 0 Å². The van der Waals surface area contributed by atoms with E-state index in [9.17, 15) is 0 Å². The van der Waals surface area contributed by atoms with Gasteiger partial charge in [0.15, 0.2) is 5.82 Å². The van der Waals surface area contributed by atoms with Crippen LogP contribution in [0, 0.1) is 0 Å². The highest BCUT2D eigenvalue weighted by Crippen LogP contribution is 2.18. The summed E-state index contributed by atoms with van der Waals surface area (Å²) < 4.78 is 4.43. The van der Waals surface area contributed by atoms with Crippen LogP contribution in [0.3, 0.4) is 0 Å². The van der Waals surface area contributed by atoms with E-state index in [2.05, 4.69) is 29.5 Å². The molecule has 0 aliphatic carbocycles. The molecule has 1 saturated heterocycles. The van der Waals surface area contributed by atoms with E-state index in [1.807, 2.05) is 25.1 Å². The molecule has 0 spiro atoms. The van der Waals surface area contributed by atoms with Crippen LogP contribution >= 0.6 is 11.5 Å². The number of piperidine rings is 1. The van der Waals surface area contributed by atoms with E-state index < -0.39 is 0 Å². The second-order valence-electron chi connectivity index (χ2n) is 5.68. The first-order valence-corrected chi connectivity index (χ1v) is 8.23. The minimum absolute atomic E-state index is 0.479. The van der Waals surface area contributed by atoms with E-state index in [-0.39, 0.29) is 0 Å². The molecule has 2 aromatic rings. The summed E-state index contributed by atoms with van der Waals surface area (Å²) in [4.78, 5) is 17.1. The van der Waals surface area contributed by atoms with Crippen LogP contribution in [0.15, 0.2) is 18.6 Å². The van der Waals surface area contributed by atoms with Gasteiger partial charge in [-0.15, -0.1) is 0 Å². The zero-order valence-electron chi connectivity index (χ0n) is 12.9. The van der Waals surface area contributed by atoms with Crippen LogP contribution in [0.25, 0.3) is 0 Å². The standard InChI is InChI=1S/C14H21N7S/c1-20(2)14-18-13(19-22-14)9-21-7-4-11(5-8-21)17-12-3-6-15-10-16-12/h3,6,10-11H,4-5,7-9H2,1-2H3,(H,15,16,17). The van der Waals surface area contributed by atoms with Gasteiger partial charge in [0.1, 0.15) is 12.1 Å². The number of anilines is 2. The first-order chi connectivity index (χ1) is 10.7. The van der Waals surface area contributed by atoms with Crippen LogP contribution in [0.5, 0.6) is 0 Å². The SMILES string of the molecule is CN(C)c1nc(CN2CCC(Nc3ccncn3)CC2)ns1. The Bertz CT molecular complexity index is 578. The van der Waals surface area contributed by atoms with Gasteiger partial charge in [-0.2, -0.15) is 4.37 Å². The molecule has 1 N–H and O–H groups in total. The molecule has 0 saturated carbocycles. The number of nitrogens with zero attached hydrogens (tertiary/aromatic N) is 6. The highest BCUT2D eigenvalue weighted by molar-refractivity contribution is 7.09. The summed E-state index contributed by atoms with van der Waals surface area (Å²) >= 11 is 1.46. The highest BCUT2D eigenvalue weighted by atomic mass is 32.1. The molecule has 7 nitrogen and oxygen atoms in total. The first-order valence-electron chi connectivity index (χ1n) is 7.45. The van der Waals surface area contributed by atoms with Gasteiger partial charge in [-0.3, -0.25) is 4.90 Å². The molecule has 22 heavy (non-hydrogen) atoms. The fourth-order valence-electron chi connectivity index (χ4n) is 2.51. The molecule has 1 aliphatic rings. The summed E-state index contributed by atoms with van der Waals surface area (Å²) in [6.45, 7) is 2.95. The van der Waals surface area contributed by atoms with Crippen molar-refractivity contribution in [1.82, 2.24) is 24.2 Å². The third kappa shape index (κ3) is 3.89. The van der Waals surface area contributed by atoms with E-state index in [0.717, 1.165) is 49.2 Å². The maximum atomic E-state index is 4.55. The van der Waals surface area contributed by atoms with Crippen molar-refractivity contribution in [3.05, 3.63) is 24.4 Å². The van der Waals surface area contributed by atoms with Crippen molar-refractivity contribution in [1.29, 1.82) is 0 Å². The number of nitrogens with one attached hydrogen (secondary N) is 1. The van der Waals surface area contributed by atoms with Gasteiger partial charge in [-0.05, 0) is 18.9 Å². The molecule has 3 heterocycles. The van der Waals surface area contributed by atoms with Crippen molar-refractivity contribution in [2.45, 2.75) is 25.4 Å². The molecular weight excluding hydrogens is 298 g/mol. The summed E-state index contributed by atoms with van der Waals surface area (Å²) in [5.74, 6) is 1.83. The summed E-state index contributed by atoms with van der Waals surface area (Å²) in [7, 11) is 3.99. The van der Waals surface area contributed by atoms with E-state index >= 15 is 0 Å². The molecular formula is C14H21N7S. The molecule has 0 amide bonds. The van der Waals surface area contributed by atoms with Crippen LogP contribution in [0.4, 0.5) is 10.9 Å². The van der Waals surface area contributed by atoms with Gasteiger partial charge in [0.2, 0.25) is 5.13 Å². The molecule has 0 bridgehead atoms. The largest absolute Gasteiger partial charge is 0.367 e. The van der Waals surface area contributed by atoms with Crippen LogP contribution in [-0.4, -0.2) is 57.5 Å². The van der Waals surface area contributed by atoms with Crippen LogP contribution in [0.2, 0.25) is 0 Å². The van der Waals surface area contributed by atoms with E-state index in [1.165, 1.54) is 11.5 Å². The average Bonchev–Trinajstić information content (AvgIpc) is 2.99. The Labute approximate surface area is 134 Å². The third-order valence-electron chi connectivity index (χ3n) is 3.73. The first kappa shape index (κ1) is 15.1. The lowest BCUT2D eigenvalue weighted by atomic mass is 10.1. The normalized spacial score (nSPS) is 16.6. The number of aromatic nitrogens is 4. The van der Waals surface area contributed by atoms with Gasteiger partial charge in [0.25, 0.3) is 0 Å². The zero-order chi connectivity index (χ0) is 15.4. The quantitative estimate of drug-likeness (QED) is 0.895. The molecule has 118 valence electrons. The van der Waals surface area contributed by atoms with Crippen molar-refractivity contribution in [2.75, 3.05) is 37.4 Å². The maximum Gasteiger partial charge on any atom is 0.204 e. The third-order valence-corrected chi connectivity index (χ3v) is 4.65. The monoisotopic (exact) mass is 319 g/mol. The van der Waals surface area contributed by atoms with Gasteiger partial charge in [-0.1, -0.05) is 0 Å². The fraction of sp³-hybridized carbons (Fsp3) is 0.571. The van der Waals surface area contributed by atoms with E-state index in [1.54, 1.807) is 12.5 Å². The Kier molecular flexibility index (Phi) is 4.79. The van der Waals surface area contributed by atoms with Crippen molar-refractivity contribution < 1.29 is 0 Å². The molecule has 3 rings (SSSR count). The highest BCUT2D eigenvalue weighted by Gasteiger charge is 2.20. The molecule has 0 aromatic carbocycles. The van der Waals surface area contributed by atoms with Gasteiger partial charge in [0, 0.05) is 51.0 Å². The smallest absolute Gasteiger partial charge is 0.204 e. The van der Waals surface area contributed by atoms with Crippen LogP contribution in [-0.2, 0) is 6.54 Å². The second-order valence-corrected chi connectivity index (χ2v) is 6.41. The lowest BCUT2D eigenvalue weighted by molar-refractivity contribution is 0.207. The van der Waals surface area contributed by atoms with Crippen molar-refractivity contribution in [3.63, 3.8) is 0 Å². The van der Waals surface area contributed by atoms with Crippen molar-refractivity contribution in [2.24, 2.45) is 0 Å². The van der Waals surface area contributed by atoms with Gasteiger partial charge in [0.05, 0.1) is 6.54 Å². The lowest BCUT2D eigenvalue weighted by Crippen LogP contribution is -2.39. The van der Waals surface area contributed by atoms with Crippen molar-refractivity contribution in [3.8, 4) is 0 Å². The summed E-state index contributed by atoms with van der Waals surface area (Å²) in [6.07, 6.45) is 5.55. The zero-order valence-corrected chi connectivity index (χ0v) is 13.8. The summed E-state index contributed by atoms with van der Waals surface area (Å²) in [5.41, 5.74) is 0. The van der Waals surface area contributed by atoms with Crippen molar-refractivity contribution >= 4 is 22.5 Å². The van der Waals surface area contributed by atoms with Gasteiger partial charge < -0.3 is 10.2 Å². The Balaban J connectivity index is 1.47. The Morgan fingerprint density at radius 2 is 2.18 bits per heavy atom. The molecule has 0 unspecified atom stereocenters. The molecule has 1 aliphatic heterocycles. The molecule has 1 fully saturated rings. The number of hydrogen-bond donors (Lipinski definition) is 1. The molecule has 0 radical (unpaired) electrons. The predicted molar refractivity (Wildman–Crippen MR) is 88.2 cm³/mol. The average molecular weight is 319 g/mol. The number of likely N-dealkylation sites (tertiary alicyclic amines) is 1. The van der Waals surface area contributed by atoms with Crippen LogP contribution in [0.1, 0.15) is 18.7 Å². The second kappa shape index (κ2) is 6.97. The molecule has 2 aromatic heterocycles. The Morgan fingerprint density at radius 1 is 1.36 bits per heavy atom. The molecule has 0 atom stereocenters. The predicted octanol–water partition coefficient (Wildman–Crippen LogP) is 1.47. The van der Waals surface area contributed by atoms with E-state index in [0.29, 0.717) is 6.04 Å².